The second-order valence-electron chi connectivity index (χ2n) is 3.94. The molecule has 0 spiro atoms. The zero-order valence-corrected chi connectivity index (χ0v) is 11.2. The predicted octanol–water partition coefficient (Wildman–Crippen LogP) is 2.85. The van der Waals surface area contributed by atoms with E-state index in [4.69, 9.17) is 0 Å². The number of aromatic nitrogens is 3. The van der Waals surface area contributed by atoms with Gasteiger partial charge in [0, 0.05) is 18.6 Å². The highest BCUT2D eigenvalue weighted by molar-refractivity contribution is 7.19. The van der Waals surface area contributed by atoms with Gasteiger partial charge in [-0.3, -0.25) is 15.1 Å². The molecular weight excluding hydrogens is 272 g/mol. The highest BCUT2D eigenvalue weighted by Crippen LogP contribution is 2.28. The van der Waals surface area contributed by atoms with Gasteiger partial charge in [-0.2, -0.15) is 0 Å². The summed E-state index contributed by atoms with van der Waals surface area (Å²) in [6, 6.07) is 9.89. The molecule has 3 aromatic rings. The molecule has 20 heavy (non-hydrogen) atoms. The fraction of sp³-hybridized carbons (Fsp3) is 0. The highest BCUT2D eigenvalue weighted by atomic mass is 32.1. The molecule has 0 radical (unpaired) electrons. The molecule has 1 N–H and O–H groups in total. The molecule has 5 nitrogen and oxygen atoms in total. The molecular formula is C14H10N4OS. The van der Waals surface area contributed by atoms with Crippen molar-refractivity contribution in [2.75, 3.05) is 5.32 Å². The molecule has 0 bridgehead atoms. The van der Waals surface area contributed by atoms with Crippen LogP contribution in [0.2, 0.25) is 0 Å². The third-order valence-corrected chi connectivity index (χ3v) is 3.54. The van der Waals surface area contributed by atoms with Crippen molar-refractivity contribution in [2.24, 2.45) is 0 Å². The fourth-order valence-electron chi connectivity index (χ4n) is 1.65. The number of carbonyl (C=O) groups is 1. The van der Waals surface area contributed by atoms with Crippen LogP contribution in [0.25, 0.3) is 10.4 Å². The van der Waals surface area contributed by atoms with Crippen LogP contribution in [0.4, 0.5) is 5.13 Å². The average Bonchev–Trinajstić information content (AvgIpc) is 2.97. The van der Waals surface area contributed by atoms with Crippen molar-refractivity contribution in [1.29, 1.82) is 0 Å². The van der Waals surface area contributed by atoms with Gasteiger partial charge < -0.3 is 0 Å². The van der Waals surface area contributed by atoms with E-state index >= 15 is 0 Å². The van der Waals surface area contributed by atoms with Crippen LogP contribution < -0.4 is 5.32 Å². The number of hydrogen-bond donors (Lipinski definition) is 1. The first-order valence-electron chi connectivity index (χ1n) is 5.91. The Balaban J connectivity index is 1.77. The van der Waals surface area contributed by atoms with Crippen LogP contribution in [0.15, 0.2) is 55.1 Å². The third-order valence-electron chi connectivity index (χ3n) is 2.58. The van der Waals surface area contributed by atoms with Crippen LogP contribution in [-0.2, 0) is 0 Å². The molecule has 2 aromatic heterocycles. The molecule has 1 amide bonds. The number of anilines is 1. The smallest absolute Gasteiger partial charge is 0.277 e. The molecule has 0 aliphatic carbocycles. The minimum Gasteiger partial charge on any atom is -0.296 e. The van der Waals surface area contributed by atoms with Crippen LogP contribution in [0.5, 0.6) is 0 Å². The Bertz CT molecular complexity index is 712. The predicted molar refractivity (Wildman–Crippen MR) is 77.5 cm³/mol. The van der Waals surface area contributed by atoms with Crippen molar-refractivity contribution in [3.05, 3.63) is 60.8 Å². The van der Waals surface area contributed by atoms with E-state index in [1.807, 2.05) is 30.3 Å². The summed E-state index contributed by atoms with van der Waals surface area (Å²) in [5.74, 6) is -0.313. The molecule has 98 valence electrons. The maximum atomic E-state index is 11.9. The molecule has 1 aromatic carbocycles. The van der Waals surface area contributed by atoms with Crippen LogP contribution in [-0.4, -0.2) is 20.9 Å². The van der Waals surface area contributed by atoms with Gasteiger partial charge in [-0.25, -0.2) is 9.97 Å². The van der Waals surface area contributed by atoms with Gasteiger partial charge in [0.2, 0.25) is 0 Å². The fourth-order valence-corrected chi connectivity index (χ4v) is 2.46. The third kappa shape index (κ3) is 2.70. The summed E-state index contributed by atoms with van der Waals surface area (Å²) >= 11 is 1.42. The molecule has 0 fully saturated rings. The minimum absolute atomic E-state index is 0.268. The lowest BCUT2D eigenvalue weighted by Crippen LogP contribution is -2.13. The van der Waals surface area contributed by atoms with Crippen molar-refractivity contribution in [3.63, 3.8) is 0 Å². The number of nitrogens with one attached hydrogen (secondary N) is 1. The zero-order valence-electron chi connectivity index (χ0n) is 10.4. The Labute approximate surface area is 119 Å². The zero-order chi connectivity index (χ0) is 13.8. The van der Waals surface area contributed by atoms with Gasteiger partial charge in [-0.05, 0) is 5.56 Å². The summed E-state index contributed by atoms with van der Waals surface area (Å²) in [6.45, 7) is 0. The van der Waals surface area contributed by atoms with Gasteiger partial charge in [0.25, 0.3) is 5.91 Å². The first-order chi connectivity index (χ1) is 9.83. The summed E-state index contributed by atoms with van der Waals surface area (Å²) in [5.41, 5.74) is 1.34. The first kappa shape index (κ1) is 12.4. The lowest BCUT2D eigenvalue weighted by molar-refractivity contribution is 0.102. The Kier molecular flexibility index (Phi) is 3.47. The molecule has 6 heteroatoms. The van der Waals surface area contributed by atoms with E-state index in [-0.39, 0.29) is 11.6 Å². The second kappa shape index (κ2) is 5.58. The molecule has 0 atom stereocenters. The topological polar surface area (TPSA) is 67.8 Å². The van der Waals surface area contributed by atoms with Gasteiger partial charge in [0.15, 0.2) is 5.13 Å². The number of thiazole rings is 1. The lowest BCUT2D eigenvalue weighted by Gasteiger charge is -1.99. The van der Waals surface area contributed by atoms with Crippen LogP contribution in [0.3, 0.4) is 0 Å². The SMILES string of the molecule is O=C(Nc1ncc(-c2ccccc2)s1)c1cnccn1. The van der Waals surface area contributed by atoms with Crippen molar-refractivity contribution < 1.29 is 4.79 Å². The molecule has 2 heterocycles. The normalized spacial score (nSPS) is 10.2. The maximum absolute atomic E-state index is 11.9. The van der Waals surface area contributed by atoms with E-state index in [0.717, 1.165) is 10.4 Å². The van der Waals surface area contributed by atoms with Crippen molar-refractivity contribution >= 4 is 22.4 Å². The largest absolute Gasteiger partial charge is 0.296 e. The maximum Gasteiger partial charge on any atom is 0.277 e. The Morgan fingerprint density at radius 2 is 1.90 bits per heavy atom. The first-order valence-corrected chi connectivity index (χ1v) is 6.73. The van der Waals surface area contributed by atoms with Crippen LogP contribution in [0.1, 0.15) is 10.5 Å². The molecule has 0 aliphatic heterocycles. The van der Waals surface area contributed by atoms with E-state index < -0.39 is 0 Å². The Hall–Kier alpha value is -2.60. The second-order valence-corrected chi connectivity index (χ2v) is 4.97. The van der Waals surface area contributed by atoms with Crippen molar-refractivity contribution in [3.8, 4) is 10.4 Å². The monoisotopic (exact) mass is 282 g/mol. The summed E-state index contributed by atoms with van der Waals surface area (Å²) < 4.78 is 0. The number of carbonyl (C=O) groups excluding carboxylic acids is 1. The van der Waals surface area contributed by atoms with Gasteiger partial charge in [0.1, 0.15) is 5.69 Å². The van der Waals surface area contributed by atoms with Gasteiger partial charge >= 0.3 is 0 Å². The molecule has 3 rings (SSSR count). The number of benzene rings is 1. The van der Waals surface area contributed by atoms with E-state index in [9.17, 15) is 4.79 Å². The van der Waals surface area contributed by atoms with Crippen LogP contribution >= 0.6 is 11.3 Å². The minimum atomic E-state index is -0.313. The summed E-state index contributed by atoms with van der Waals surface area (Å²) in [6.07, 6.45) is 6.16. The molecule has 0 saturated carbocycles. The van der Waals surface area contributed by atoms with Gasteiger partial charge in [-0.1, -0.05) is 41.7 Å². The van der Waals surface area contributed by atoms with Crippen LogP contribution in [0, 0.1) is 0 Å². The molecule has 0 aliphatic rings. The highest BCUT2D eigenvalue weighted by Gasteiger charge is 2.10. The number of hydrogen-bond acceptors (Lipinski definition) is 5. The van der Waals surface area contributed by atoms with E-state index in [1.54, 1.807) is 6.20 Å². The molecule has 0 saturated heterocycles. The summed E-state index contributed by atoms with van der Waals surface area (Å²) in [4.78, 5) is 24.9. The van der Waals surface area contributed by atoms with Gasteiger partial charge in [-0.15, -0.1) is 0 Å². The Morgan fingerprint density at radius 1 is 1.05 bits per heavy atom. The standard InChI is InChI=1S/C14H10N4OS/c19-13(11-8-15-6-7-16-11)18-14-17-9-12(20-14)10-4-2-1-3-5-10/h1-9H,(H,17,18,19). The van der Waals surface area contributed by atoms with E-state index in [2.05, 4.69) is 20.3 Å². The van der Waals surface area contributed by atoms with E-state index in [0.29, 0.717) is 5.13 Å². The van der Waals surface area contributed by atoms with Gasteiger partial charge in [0.05, 0.1) is 11.1 Å². The average molecular weight is 282 g/mol. The number of nitrogens with zero attached hydrogens (tertiary/aromatic N) is 3. The molecule has 0 unspecified atom stereocenters. The summed E-state index contributed by atoms with van der Waals surface area (Å²) in [5, 5.41) is 3.26. The van der Waals surface area contributed by atoms with E-state index in [1.165, 1.54) is 29.9 Å². The quantitative estimate of drug-likeness (QED) is 0.802. The number of rotatable bonds is 3. The number of amides is 1. The van der Waals surface area contributed by atoms with Crippen molar-refractivity contribution in [2.45, 2.75) is 0 Å². The lowest BCUT2D eigenvalue weighted by atomic mass is 10.2. The Morgan fingerprint density at radius 3 is 2.65 bits per heavy atom. The summed E-state index contributed by atoms with van der Waals surface area (Å²) in [7, 11) is 0. The van der Waals surface area contributed by atoms with Crippen molar-refractivity contribution in [1.82, 2.24) is 15.0 Å².